The number of rotatable bonds is 7. The van der Waals surface area contributed by atoms with Crippen molar-refractivity contribution in [3.05, 3.63) is 34.9 Å². The van der Waals surface area contributed by atoms with Gasteiger partial charge in [0.25, 0.3) is 0 Å². The van der Waals surface area contributed by atoms with Gasteiger partial charge in [0, 0.05) is 31.6 Å². The van der Waals surface area contributed by atoms with Crippen molar-refractivity contribution in [2.24, 2.45) is 0 Å². The number of likely N-dealkylation sites (N-methyl/N-ethyl adjacent to an activating group) is 2. The van der Waals surface area contributed by atoms with Gasteiger partial charge in [0.2, 0.25) is 0 Å². The summed E-state index contributed by atoms with van der Waals surface area (Å²) in [6.07, 6.45) is 0.590. The van der Waals surface area contributed by atoms with Gasteiger partial charge in [0.15, 0.2) is 5.78 Å². The van der Waals surface area contributed by atoms with Crippen LogP contribution in [0, 0.1) is 13.8 Å². The van der Waals surface area contributed by atoms with E-state index in [1.54, 1.807) is 0 Å². The Morgan fingerprint density at radius 1 is 0.947 bits per heavy atom. The third kappa shape index (κ3) is 5.99. The van der Waals surface area contributed by atoms with Crippen molar-refractivity contribution in [3.63, 3.8) is 0 Å². The van der Waals surface area contributed by atoms with Crippen LogP contribution in [0.3, 0.4) is 0 Å². The van der Waals surface area contributed by atoms with Crippen LogP contribution in [-0.2, 0) is 0 Å². The Kier molecular flexibility index (Phi) is 6.19. The highest BCUT2D eigenvalue weighted by Gasteiger charge is 2.08. The van der Waals surface area contributed by atoms with Crippen molar-refractivity contribution in [1.82, 2.24) is 9.80 Å². The number of aryl methyl sites for hydroxylation is 2. The maximum absolute atomic E-state index is 12.2. The number of Topliss-reactive ketones (excluding diaryl/α,β-unsaturated/α-hetero) is 1. The molecule has 0 atom stereocenters. The summed E-state index contributed by atoms with van der Waals surface area (Å²) in [6.45, 7) is 6.90. The average Bonchev–Trinajstić information content (AvgIpc) is 2.32. The number of carbonyl (C=O) groups is 1. The molecule has 0 heterocycles. The Morgan fingerprint density at radius 3 is 2.05 bits per heavy atom. The predicted octanol–water partition coefficient (Wildman–Crippen LogP) is 2.37. The topological polar surface area (TPSA) is 23.6 Å². The van der Waals surface area contributed by atoms with E-state index >= 15 is 0 Å². The zero-order valence-electron chi connectivity index (χ0n) is 12.9. The van der Waals surface area contributed by atoms with Crippen molar-refractivity contribution < 1.29 is 4.79 Å². The van der Waals surface area contributed by atoms with Crippen LogP contribution in [0.5, 0.6) is 0 Å². The van der Waals surface area contributed by atoms with E-state index in [1.165, 1.54) is 0 Å². The van der Waals surface area contributed by atoms with Gasteiger partial charge in [0.1, 0.15) is 0 Å². The zero-order valence-corrected chi connectivity index (χ0v) is 12.9. The van der Waals surface area contributed by atoms with Gasteiger partial charge in [-0.25, -0.2) is 0 Å². The number of benzene rings is 1. The average molecular weight is 262 g/mol. The molecule has 19 heavy (non-hydrogen) atoms. The lowest BCUT2D eigenvalue weighted by atomic mass is 10.0. The second kappa shape index (κ2) is 7.41. The second-order valence-corrected chi connectivity index (χ2v) is 5.66. The lowest BCUT2D eigenvalue weighted by Crippen LogP contribution is -2.30. The van der Waals surface area contributed by atoms with Crippen LogP contribution in [0.15, 0.2) is 18.2 Å². The number of hydrogen-bond acceptors (Lipinski definition) is 3. The highest BCUT2D eigenvalue weighted by molar-refractivity contribution is 5.96. The van der Waals surface area contributed by atoms with Gasteiger partial charge < -0.3 is 9.80 Å². The molecule has 1 aromatic carbocycles. The maximum Gasteiger partial charge on any atom is 0.164 e. The molecular weight excluding hydrogens is 236 g/mol. The fourth-order valence-electron chi connectivity index (χ4n) is 2.05. The van der Waals surface area contributed by atoms with E-state index in [4.69, 9.17) is 0 Å². The molecule has 0 aromatic heterocycles. The van der Waals surface area contributed by atoms with E-state index < -0.39 is 0 Å². The highest BCUT2D eigenvalue weighted by atomic mass is 16.1. The Labute approximate surface area is 117 Å². The van der Waals surface area contributed by atoms with Gasteiger partial charge in [-0.2, -0.15) is 0 Å². The minimum atomic E-state index is 0.239. The molecule has 0 spiro atoms. The Bertz CT molecular complexity index is 407. The van der Waals surface area contributed by atoms with Gasteiger partial charge >= 0.3 is 0 Å². The maximum atomic E-state index is 12.2. The highest BCUT2D eigenvalue weighted by Crippen LogP contribution is 2.11. The summed E-state index contributed by atoms with van der Waals surface area (Å²) in [5.74, 6) is 0.239. The Balaban J connectivity index is 2.46. The van der Waals surface area contributed by atoms with E-state index in [1.807, 2.05) is 26.0 Å². The van der Waals surface area contributed by atoms with Crippen molar-refractivity contribution in [2.45, 2.75) is 20.3 Å². The molecule has 3 heteroatoms. The Hall–Kier alpha value is -1.19. The molecule has 0 unspecified atom stereocenters. The first kappa shape index (κ1) is 15.9. The number of nitrogens with zero attached hydrogens (tertiary/aromatic N) is 2. The molecule has 0 fully saturated rings. The molecule has 0 radical (unpaired) electrons. The minimum Gasteiger partial charge on any atom is -0.308 e. The van der Waals surface area contributed by atoms with Gasteiger partial charge in [0.05, 0.1) is 0 Å². The number of ketones is 1. The summed E-state index contributed by atoms with van der Waals surface area (Å²) in [4.78, 5) is 16.5. The molecule has 0 bridgehead atoms. The molecule has 0 aliphatic heterocycles. The van der Waals surface area contributed by atoms with E-state index in [0.29, 0.717) is 6.42 Å². The summed E-state index contributed by atoms with van der Waals surface area (Å²) in [5, 5.41) is 0. The number of hydrogen-bond donors (Lipinski definition) is 0. The Morgan fingerprint density at radius 2 is 1.53 bits per heavy atom. The smallest absolute Gasteiger partial charge is 0.164 e. The first-order valence-corrected chi connectivity index (χ1v) is 6.83. The van der Waals surface area contributed by atoms with Crippen LogP contribution >= 0.6 is 0 Å². The lowest BCUT2D eigenvalue weighted by Gasteiger charge is -2.18. The van der Waals surface area contributed by atoms with Gasteiger partial charge in [-0.3, -0.25) is 4.79 Å². The molecule has 1 rings (SSSR count). The molecule has 0 amide bonds. The third-order valence-electron chi connectivity index (χ3n) is 3.19. The van der Waals surface area contributed by atoms with Crippen molar-refractivity contribution >= 4 is 5.78 Å². The fraction of sp³-hybridized carbons (Fsp3) is 0.562. The largest absolute Gasteiger partial charge is 0.308 e. The quantitative estimate of drug-likeness (QED) is 0.705. The van der Waals surface area contributed by atoms with Crippen LogP contribution in [-0.4, -0.2) is 56.4 Å². The van der Waals surface area contributed by atoms with Crippen LogP contribution in [0.25, 0.3) is 0 Å². The fourth-order valence-corrected chi connectivity index (χ4v) is 2.05. The van der Waals surface area contributed by atoms with Gasteiger partial charge in [-0.1, -0.05) is 17.2 Å². The SMILES string of the molecule is Cc1cc(C)cc(C(=O)CCN(C)CCN(C)C)c1. The van der Waals surface area contributed by atoms with Crippen molar-refractivity contribution in [2.75, 3.05) is 40.8 Å². The first-order chi connectivity index (χ1) is 8.88. The van der Waals surface area contributed by atoms with Gasteiger partial charge in [-0.15, -0.1) is 0 Å². The van der Waals surface area contributed by atoms with E-state index in [0.717, 1.165) is 36.3 Å². The summed E-state index contributed by atoms with van der Waals surface area (Å²) < 4.78 is 0. The summed E-state index contributed by atoms with van der Waals surface area (Å²) >= 11 is 0. The summed E-state index contributed by atoms with van der Waals surface area (Å²) in [7, 11) is 6.20. The van der Waals surface area contributed by atoms with Crippen LogP contribution < -0.4 is 0 Å². The van der Waals surface area contributed by atoms with E-state index in [-0.39, 0.29) is 5.78 Å². The molecule has 3 nitrogen and oxygen atoms in total. The standard InChI is InChI=1S/C16H26N2O/c1-13-10-14(2)12-15(11-13)16(19)6-7-18(5)9-8-17(3)4/h10-12H,6-9H2,1-5H3. The second-order valence-electron chi connectivity index (χ2n) is 5.66. The first-order valence-electron chi connectivity index (χ1n) is 6.83. The molecule has 1 aromatic rings. The molecule has 0 N–H and O–H groups in total. The normalized spacial score (nSPS) is 11.3. The molecule has 106 valence electrons. The third-order valence-corrected chi connectivity index (χ3v) is 3.19. The molecule has 0 saturated carbocycles. The van der Waals surface area contributed by atoms with Gasteiger partial charge in [-0.05, 0) is 47.1 Å². The minimum absolute atomic E-state index is 0.239. The molecular formula is C16H26N2O. The zero-order chi connectivity index (χ0) is 14.4. The van der Waals surface area contributed by atoms with Crippen LogP contribution in [0.1, 0.15) is 27.9 Å². The molecule has 0 aliphatic rings. The van der Waals surface area contributed by atoms with Crippen LogP contribution in [0.4, 0.5) is 0 Å². The van der Waals surface area contributed by atoms with E-state index in [9.17, 15) is 4.79 Å². The van der Waals surface area contributed by atoms with Crippen LogP contribution in [0.2, 0.25) is 0 Å². The predicted molar refractivity (Wildman–Crippen MR) is 80.9 cm³/mol. The van der Waals surface area contributed by atoms with Crippen molar-refractivity contribution in [1.29, 1.82) is 0 Å². The monoisotopic (exact) mass is 262 g/mol. The number of carbonyl (C=O) groups excluding carboxylic acids is 1. The summed E-state index contributed by atoms with van der Waals surface area (Å²) in [6, 6.07) is 6.06. The molecule has 0 aliphatic carbocycles. The molecule has 0 saturated heterocycles. The van der Waals surface area contributed by atoms with E-state index in [2.05, 4.69) is 37.0 Å². The van der Waals surface area contributed by atoms with Crippen molar-refractivity contribution in [3.8, 4) is 0 Å². The lowest BCUT2D eigenvalue weighted by molar-refractivity contribution is 0.0968. The summed E-state index contributed by atoms with van der Waals surface area (Å²) in [5.41, 5.74) is 3.16.